The number of rotatable bonds is 7. The highest BCUT2D eigenvalue weighted by atomic mass is 31.2. The van der Waals surface area contributed by atoms with E-state index in [1.807, 2.05) is 0 Å². The highest BCUT2D eigenvalue weighted by molar-refractivity contribution is 7.59. The van der Waals surface area contributed by atoms with Crippen molar-refractivity contribution in [1.82, 2.24) is 15.2 Å². The Morgan fingerprint density at radius 3 is 2.61 bits per heavy atom. The highest BCUT2D eigenvalue weighted by Gasteiger charge is 2.20. The zero-order chi connectivity index (χ0) is 13.6. The molecule has 0 fully saturated rings. The maximum Gasteiger partial charge on any atom is 0.377 e. The Labute approximate surface area is 106 Å². The topological polar surface area (TPSA) is 122 Å². The second-order valence-electron chi connectivity index (χ2n) is 4.24. The summed E-state index contributed by atoms with van der Waals surface area (Å²) in [7, 11) is -4.36. The van der Waals surface area contributed by atoms with Crippen LogP contribution < -0.4 is 11.2 Å². The lowest BCUT2D eigenvalue weighted by atomic mass is 10.1. The molecule has 1 aromatic rings. The Balaban J connectivity index is 2.51. The molecule has 0 aliphatic heterocycles. The fraction of sp³-hybridized carbons (Fsp3) is 0.700. The first-order valence-corrected chi connectivity index (χ1v) is 7.55. The lowest BCUT2D eigenvalue weighted by molar-refractivity contribution is 0.385. The van der Waals surface area contributed by atoms with E-state index in [0.717, 1.165) is 31.9 Å². The summed E-state index contributed by atoms with van der Waals surface area (Å²) in [6.07, 6.45) is 5.76. The molecule has 1 atom stereocenters. The first-order valence-electron chi connectivity index (χ1n) is 5.93. The van der Waals surface area contributed by atoms with Crippen LogP contribution in [0.2, 0.25) is 0 Å². The van der Waals surface area contributed by atoms with E-state index in [1.165, 1.54) is 0 Å². The summed E-state index contributed by atoms with van der Waals surface area (Å²) in [5.74, 6) is 0.413. The Kier molecular flexibility index (Phi) is 5.81. The monoisotopic (exact) mass is 274 g/mol. The summed E-state index contributed by atoms with van der Waals surface area (Å²) < 4.78 is 10.9. The molecular formula is C10H19N4O3P. The summed E-state index contributed by atoms with van der Waals surface area (Å²) in [5.41, 5.74) is 5.50. The smallest absolute Gasteiger partial charge is 0.327 e. The van der Waals surface area contributed by atoms with Crippen LogP contribution >= 0.6 is 7.60 Å². The van der Waals surface area contributed by atoms with Crippen molar-refractivity contribution in [3.05, 3.63) is 12.0 Å². The number of hydrogen-bond acceptors (Lipinski definition) is 5. The number of nitrogens with two attached hydrogens (primary N) is 1. The predicted molar refractivity (Wildman–Crippen MR) is 67.3 cm³/mol. The van der Waals surface area contributed by atoms with Gasteiger partial charge in [-0.15, -0.1) is 10.2 Å². The number of hydrogen-bond donors (Lipinski definition) is 3. The molecule has 0 amide bonds. The van der Waals surface area contributed by atoms with Gasteiger partial charge in [0.1, 0.15) is 0 Å². The van der Waals surface area contributed by atoms with Crippen molar-refractivity contribution in [2.75, 3.05) is 0 Å². The largest absolute Gasteiger partial charge is 0.377 e. The minimum absolute atomic E-state index is 0.0424. The number of aromatic nitrogens is 3. The fourth-order valence-corrected chi connectivity index (χ4v) is 1.88. The van der Waals surface area contributed by atoms with E-state index < -0.39 is 13.0 Å². The van der Waals surface area contributed by atoms with Gasteiger partial charge in [-0.05, 0) is 6.42 Å². The Bertz CT molecular complexity index is 406. The third-order valence-corrected chi connectivity index (χ3v) is 3.32. The third-order valence-electron chi connectivity index (χ3n) is 2.52. The maximum atomic E-state index is 10.9. The van der Waals surface area contributed by atoms with Crippen molar-refractivity contribution in [3.8, 4) is 0 Å². The zero-order valence-corrected chi connectivity index (χ0v) is 11.3. The molecule has 4 N–H and O–H groups in total. The Morgan fingerprint density at radius 1 is 1.39 bits per heavy atom. The van der Waals surface area contributed by atoms with E-state index in [0.29, 0.717) is 12.2 Å². The first-order chi connectivity index (χ1) is 8.43. The molecule has 0 aromatic carbocycles. The minimum atomic E-state index is -4.36. The van der Waals surface area contributed by atoms with Crippen molar-refractivity contribution in [2.45, 2.75) is 45.1 Å². The molecule has 18 heavy (non-hydrogen) atoms. The lowest BCUT2D eigenvalue weighted by Gasteiger charge is -2.09. The molecule has 1 heterocycles. The van der Waals surface area contributed by atoms with Gasteiger partial charge in [0.25, 0.3) is 0 Å². The van der Waals surface area contributed by atoms with Gasteiger partial charge in [0.2, 0.25) is 0 Å². The Hall–Kier alpha value is -0.880. The molecule has 7 nitrogen and oxygen atoms in total. The van der Waals surface area contributed by atoms with E-state index in [9.17, 15) is 4.57 Å². The van der Waals surface area contributed by atoms with Crippen molar-refractivity contribution < 1.29 is 14.4 Å². The molecule has 0 spiro atoms. The standard InChI is InChI=1S/C10H19N4O3P/c1-2-3-4-5-8(11)6-9-12-7-10(14-13-9)18(15,16)17/h7-8H,2-6,11H2,1H3,(H2,15,16,17). The van der Waals surface area contributed by atoms with Crippen LogP contribution in [0.4, 0.5) is 0 Å². The van der Waals surface area contributed by atoms with Crippen molar-refractivity contribution in [3.63, 3.8) is 0 Å². The Morgan fingerprint density at radius 2 is 2.11 bits per heavy atom. The quantitative estimate of drug-likeness (QED) is 0.477. The summed E-state index contributed by atoms with van der Waals surface area (Å²) >= 11 is 0. The lowest BCUT2D eigenvalue weighted by Crippen LogP contribution is -2.25. The van der Waals surface area contributed by atoms with Crippen molar-refractivity contribution in [1.29, 1.82) is 0 Å². The van der Waals surface area contributed by atoms with Crippen LogP contribution in [0.1, 0.15) is 38.4 Å². The molecule has 0 aliphatic rings. The molecule has 1 unspecified atom stereocenters. The van der Waals surface area contributed by atoms with Crippen molar-refractivity contribution in [2.24, 2.45) is 5.73 Å². The van der Waals surface area contributed by atoms with Crippen LogP contribution in [0, 0.1) is 0 Å². The van der Waals surface area contributed by atoms with Gasteiger partial charge in [-0.25, -0.2) is 4.98 Å². The van der Waals surface area contributed by atoms with Crippen LogP contribution in [0.15, 0.2) is 6.20 Å². The molecule has 1 aromatic heterocycles. The molecular weight excluding hydrogens is 255 g/mol. The van der Waals surface area contributed by atoms with Crippen molar-refractivity contribution >= 4 is 13.0 Å². The summed E-state index contributed by atoms with van der Waals surface area (Å²) in [6, 6.07) is -0.0424. The van der Waals surface area contributed by atoms with Gasteiger partial charge in [0.05, 0.1) is 6.20 Å². The summed E-state index contributed by atoms with van der Waals surface area (Å²) in [5, 5.41) is 7.15. The van der Waals surface area contributed by atoms with Crippen LogP contribution in [-0.4, -0.2) is 31.0 Å². The third kappa shape index (κ3) is 5.18. The maximum absolute atomic E-state index is 10.9. The van der Waals surface area contributed by atoms with Gasteiger partial charge < -0.3 is 15.5 Å². The number of nitrogens with zero attached hydrogens (tertiary/aromatic N) is 3. The predicted octanol–water partition coefficient (Wildman–Crippen LogP) is 0.125. The van der Waals surface area contributed by atoms with Gasteiger partial charge in [0, 0.05) is 12.5 Å². The first kappa shape index (κ1) is 15.2. The van der Waals surface area contributed by atoms with E-state index in [2.05, 4.69) is 22.1 Å². The molecule has 0 saturated heterocycles. The number of unbranched alkanes of at least 4 members (excludes halogenated alkanes) is 2. The molecule has 0 radical (unpaired) electrons. The normalized spacial score (nSPS) is 13.6. The van der Waals surface area contributed by atoms with Crippen LogP contribution in [-0.2, 0) is 11.0 Å². The summed E-state index contributed by atoms with van der Waals surface area (Å²) in [6.45, 7) is 2.12. The zero-order valence-electron chi connectivity index (χ0n) is 10.4. The van der Waals surface area contributed by atoms with Gasteiger partial charge in [-0.3, -0.25) is 4.57 Å². The van der Waals surface area contributed by atoms with E-state index in [-0.39, 0.29) is 6.04 Å². The molecule has 102 valence electrons. The SMILES string of the molecule is CCCCCC(N)Cc1ncc(P(=O)(O)O)nn1. The van der Waals surface area contributed by atoms with E-state index >= 15 is 0 Å². The summed E-state index contributed by atoms with van der Waals surface area (Å²) in [4.78, 5) is 21.6. The molecule has 0 bridgehead atoms. The van der Waals surface area contributed by atoms with Gasteiger partial charge in [-0.2, -0.15) is 0 Å². The van der Waals surface area contributed by atoms with Crippen LogP contribution in [0.25, 0.3) is 0 Å². The average Bonchev–Trinajstić information content (AvgIpc) is 2.29. The highest BCUT2D eigenvalue weighted by Crippen LogP contribution is 2.30. The van der Waals surface area contributed by atoms with E-state index in [4.69, 9.17) is 15.5 Å². The molecule has 0 saturated carbocycles. The molecule has 0 aliphatic carbocycles. The van der Waals surface area contributed by atoms with Gasteiger partial charge >= 0.3 is 7.60 Å². The van der Waals surface area contributed by atoms with Crippen LogP contribution in [0.5, 0.6) is 0 Å². The van der Waals surface area contributed by atoms with Gasteiger partial charge in [0.15, 0.2) is 11.3 Å². The van der Waals surface area contributed by atoms with Crippen LogP contribution in [0.3, 0.4) is 0 Å². The molecule has 8 heteroatoms. The fourth-order valence-electron chi connectivity index (χ4n) is 1.51. The van der Waals surface area contributed by atoms with E-state index in [1.54, 1.807) is 0 Å². The average molecular weight is 274 g/mol. The molecule has 1 rings (SSSR count). The van der Waals surface area contributed by atoms with Gasteiger partial charge in [-0.1, -0.05) is 26.2 Å². The second-order valence-corrected chi connectivity index (χ2v) is 5.78. The minimum Gasteiger partial charge on any atom is -0.327 e. The second kappa shape index (κ2) is 6.89.